The first-order valence-corrected chi connectivity index (χ1v) is 7.07. The van der Waals surface area contributed by atoms with Gasteiger partial charge in [0.1, 0.15) is 11.6 Å². The quantitative estimate of drug-likeness (QED) is 0.759. The molecule has 0 unspecified atom stereocenters. The topological polar surface area (TPSA) is 49.8 Å². The highest BCUT2D eigenvalue weighted by atomic mass is 14.9. The van der Waals surface area contributed by atoms with E-state index in [1.807, 2.05) is 38.6 Å². The van der Waals surface area contributed by atoms with Gasteiger partial charge in [0.2, 0.25) is 0 Å². The van der Waals surface area contributed by atoms with Gasteiger partial charge in [0, 0.05) is 26.5 Å². The van der Waals surface area contributed by atoms with Crippen LogP contribution in [0.2, 0.25) is 0 Å². The number of nitrogens with one attached hydrogen (secondary N) is 2. The normalized spacial score (nSPS) is 10.3. The molecule has 2 aromatic heterocycles. The van der Waals surface area contributed by atoms with Gasteiger partial charge in [0.05, 0.1) is 0 Å². The van der Waals surface area contributed by atoms with Gasteiger partial charge in [-0.3, -0.25) is 0 Å². The Morgan fingerprint density at radius 3 is 1.50 bits per heavy atom. The first-order chi connectivity index (χ1) is 9.81. The Balaban J connectivity index is 1.72. The zero-order valence-corrected chi connectivity index (χ0v) is 12.2. The number of unbranched alkanes of at least 4 members (excludes halogenated alkanes) is 1. The van der Waals surface area contributed by atoms with E-state index in [-0.39, 0.29) is 0 Å². The molecule has 2 aromatic rings. The molecule has 0 aliphatic heterocycles. The molecule has 0 saturated heterocycles. The molecule has 0 amide bonds. The van der Waals surface area contributed by atoms with Crippen LogP contribution in [0.3, 0.4) is 0 Å². The van der Waals surface area contributed by atoms with Crippen molar-refractivity contribution in [1.82, 2.24) is 9.97 Å². The van der Waals surface area contributed by atoms with Crippen molar-refractivity contribution >= 4 is 11.6 Å². The van der Waals surface area contributed by atoms with E-state index in [1.165, 1.54) is 24.0 Å². The predicted molar refractivity (Wildman–Crippen MR) is 84.2 cm³/mol. The summed E-state index contributed by atoms with van der Waals surface area (Å²) >= 11 is 0. The third-order valence-corrected chi connectivity index (χ3v) is 3.34. The summed E-state index contributed by atoms with van der Waals surface area (Å²) in [5, 5.41) is 6.06. The Hall–Kier alpha value is -2.10. The average Bonchev–Trinajstić information content (AvgIpc) is 2.53. The number of rotatable bonds is 7. The minimum absolute atomic E-state index is 0.921. The smallest absolute Gasteiger partial charge is 0.125 e. The number of aryl methyl sites for hydroxylation is 2. The molecule has 2 N–H and O–H groups in total. The van der Waals surface area contributed by atoms with E-state index in [1.54, 1.807) is 0 Å². The van der Waals surface area contributed by atoms with Crippen molar-refractivity contribution in [2.24, 2.45) is 0 Å². The van der Waals surface area contributed by atoms with Gasteiger partial charge in [-0.15, -0.1) is 0 Å². The second kappa shape index (κ2) is 7.48. The van der Waals surface area contributed by atoms with Crippen LogP contribution in [0.5, 0.6) is 0 Å². The van der Waals surface area contributed by atoms with Gasteiger partial charge >= 0.3 is 0 Å². The lowest BCUT2D eigenvalue weighted by Gasteiger charge is -2.04. The van der Waals surface area contributed by atoms with Crippen molar-refractivity contribution in [3.05, 3.63) is 47.8 Å². The molecule has 4 heteroatoms. The molecular formula is C16H22N4. The van der Waals surface area contributed by atoms with E-state index < -0.39 is 0 Å². The molecular weight excluding hydrogens is 248 g/mol. The fourth-order valence-electron chi connectivity index (χ4n) is 2.10. The number of hydrogen-bond acceptors (Lipinski definition) is 4. The minimum Gasteiger partial charge on any atom is -0.373 e. The Kier molecular flexibility index (Phi) is 5.35. The molecule has 4 nitrogen and oxygen atoms in total. The highest BCUT2D eigenvalue weighted by molar-refractivity contribution is 5.35. The molecule has 0 fully saturated rings. The number of nitrogens with zero attached hydrogens (tertiary/aromatic N) is 2. The Labute approximate surface area is 120 Å². The Bertz CT molecular complexity index is 456. The molecule has 0 aliphatic rings. The third kappa shape index (κ3) is 4.23. The second-order valence-corrected chi connectivity index (χ2v) is 4.81. The Morgan fingerprint density at radius 1 is 0.750 bits per heavy atom. The SMILES string of the molecule is CNc1ccc(CCCCc2ccc(NC)nc2)cn1. The first-order valence-electron chi connectivity index (χ1n) is 7.07. The van der Waals surface area contributed by atoms with Gasteiger partial charge < -0.3 is 10.6 Å². The van der Waals surface area contributed by atoms with E-state index in [4.69, 9.17) is 0 Å². The van der Waals surface area contributed by atoms with Crippen molar-refractivity contribution in [3.8, 4) is 0 Å². The maximum Gasteiger partial charge on any atom is 0.125 e. The minimum atomic E-state index is 0.921. The lowest BCUT2D eigenvalue weighted by molar-refractivity contribution is 0.731. The molecule has 0 radical (unpaired) electrons. The van der Waals surface area contributed by atoms with E-state index in [0.29, 0.717) is 0 Å². The summed E-state index contributed by atoms with van der Waals surface area (Å²) in [6, 6.07) is 8.33. The highest BCUT2D eigenvalue weighted by Gasteiger charge is 1.98. The van der Waals surface area contributed by atoms with Gasteiger partial charge in [-0.05, 0) is 48.9 Å². The van der Waals surface area contributed by atoms with Gasteiger partial charge in [0.25, 0.3) is 0 Å². The van der Waals surface area contributed by atoms with E-state index in [0.717, 1.165) is 24.5 Å². The van der Waals surface area contributed by atoms with Crippen LogP contribution in [-0.2, 0) is 12.8 Å². The van der Waals surface area contributed by atoms with Crippen LogP contribution in [0, 0.1) is 0 Å². The lowest BCUT2D eigenvalue weighted by atomic mass is 10.1. The molecule has 0 aliphatic carbocycles. The number of aromatic nitrogens is 2. The van der Waals surface area contributed by atoms with Crippen molar-refractivity contribution < 1.29 is 0 Å². The summed E-state index contributed by atoms with van der Waals surface area (Å²) in [5.41, 5.74) is 2.60. The highest BCUT2D eigenvalue weighted by Crippen LogP contribution is 2.11. The summed E-state index contributed by atoms with van der Waals surface area (Å²) in [6.07, 6.45) is 8.42. The molecule has 106 valence electrons. The zero-order valence-electron chi connectivity index (χ0n) is 12.2. The predicted octanol–water partition coefficient (Wildman–Crippen LogP) is 3.13. The fourth-order valence-corrected chi connectivity index (χ4v) is 2.10. The molecule has 2 heterocycles. The van der Waals surface area contributed by atoms with Crippen molar-refractivity contribution in [1.29, 1.82) is 0 Å². The second-order valence-electron chi connectivity index (χ2n) is 4.81. The van der Waals surface area contributed by atoms with Crippen molar-refractivity contribution in [2.75, 3.05) is 24.7 Å². The maximum absolute atomic E-state index is 4.33. The standard InChI is InChI=1S/C16H22N4/c1-17-15-9-7-13(11-19-15)5-3-4-6-14-8-10-16(18-2)20-12-14/h7-12H,3-6H2,1-2H3,(H,17,19)(H,18,20). The Morgan fingerprint density at radius 2 is 1.20 bits per heavy atom. The van der Waals surface area contributed by atoms with Crippen LogP contribution in [0.15, 0.2) is 36.7 Å². The van der Waals surface area contributed by atoms with E-state index in [9.17, 15) is 0 Å². The van der Waals surface area contributed by atoms with Crippen LogP contribution >= 0.6 is 0 Å². The van der Waals surface area contributed by atoms with E-state index in [2.05, 4.69) is 32.7 Å². The number of anilines is 2. The van der Waals surface area contributed by atoms with Gasteiger partial charge in [-0.25, -0.2) is 9.97 Å². The lowest BCUT2D eigenvalue weighted by Crippen LogP contribution is -1.95. The summed E-state index contributed by atoms with van der Waals surface area (Å²) in [7, 11) is 3.77. The third-order valence-electron chi connectivity index (χ3n) is 3.34. The molecule has 0 saturated carbocycles. The molecule has 0 aromatic carbocycles. The summed E-state index contributed by atoms with van der Waals surface area (Å²) in [5.74, 6) is 1.84. The monoisotopic (exact) mass is 270 g/mol. The van der Waals surface area contributed by atoms with E-state index >= 15 is 0 Å². The first kappa shape index (κ1) is 14.3. The van der Waals surface area contributed by atoms with Crippen LogP contribution in [-0.4, -0.2) is 24.1 Å². The number of pyridine rings is 2. The molecule has 0 atom stereocenters. The molecule has 0 spiro atoms. The van der Waals surface area contributed by atoms with Crippen molar-refractivity contribution in [3.63, 3.8) is 0 Å². The fraction of sp³-hybridized carbons (Fsp3) is 0.375. The van der Waals surface area contributed by atoms with Crippen molar-refractivity contribution in [2.45, 2.75) is 25.7 Å². The maximum atomic E-state index is 4.33. The number of hydrogen-bond donors (Lipinski definition) is 2. The molecule has 0 bridgehead atoms. The largest absolute Gasteiger partial charge is 0.373 e. The van der Waals surface area contributed by atoms with Crippen LogP contribution in [0.1, 0.15) is 24.0 Å². The zero-order chi connectivity index (χ0) is 14.2. The molecule has 2 rings (SSSR count). The summed E-state index contributed by atoms with van der Waals surface area (Å²) < 4.78 is 0. The van der Waals surface area contributed by atoms with Gasteiger partial charge in [-0.1, -0.05) is 12.1 Å². The average molecular weight is 270 g/mol. The summed E-state index contributed by atoms with van der Waals surface area (Å²) in [4.78, 5) is 8.65. The van der Waals surface area contributed by atoms with Crippen LogP contribution < -0.4 is 10.6 Å². The van der Waals surface area contributed by atoms with Gasteiger partial charge in [0.15, 0.2) is 0 Å². The van der Waals surface area contributed by atoms with Crippen LogP contribution in [0.25, 0.3) is 0 Å². The van der Waals surface area contributed by atoms with Gasteiger partial charge in [-0.2, -0.15) is 0 Å². The summed E-state index contributed by atoms with van der Waals surface area (Å²) in [6.45, 7) is 0. The van der Waals surface area contributed by atoms with Crippen LogP contribution in [0.4, 0.5) is 11.6 Å². The molecule has 20 heavy (non-hydrogen) atoms.